The number of hydrogen-bond acceptors (Lipinski definition) is 1. The lowest BCUT2D eigenvalue weighted by molar-refractivity contribution is 0.205. The number of alkyl halides is 2. The van der Waals surface area contributed by atoms with E-state index in [9.17, 15) is 0 Å². The summed E-state index contributed by atoms with van der Waals surface area (Å²) in [6.07, 6.45) is 5.31. The van der Waals surface area contributed by atoms with E-state index in [0.717, 1.165) is 24.9 Å². The summed E-state index contributed by atoms with van der Waals surface area (Å²) in [7, 11) is 0. The Balaban J connectivity index is 1.57. The molecule has 3 rings (SSSR count). The first kappa shape index (κ1) is 8.82. The first-order chi connectivity index (χ1) is 6.15. The van der Waals surface area contributed by atoms with Gasteiger partial charge in [0, 0.05) is 25.0 Å². The lowest BCUT2D eigenvalue weighted by Gasteiger charge is -2.26. The predicted octanol–water partition coefficient (Wildman–Crippen LogP) is 2.66. The molecule has 0 spiro atoms. The molecule has 13 heavy (non-hydrogen) atoms. The number of nitrogens with zero attached hydrogens (tertiary/aromatic N) is 1. The van der Waals surface area contributed by atoms with E-state index in [1.165, 1.54) is 25.8 Å². The number of piperidine rings is 1. The third-order valence-electron chi connectivity index (χ3n) is 3.93. The topological polar surface area (TPSA) is 3.24 Å². The van der Waals surface area contributed by atoms with Crippen LogP contribution in [0.4, 0.5) is 0 Å². The second-order valence-electron chi connectivity index (χ2n) is 4.95. The Morgan fingerprint density at radius 3 is 2.54 bits per heavy atom. The van der Waals surface area contributed by atoms with E-state index in [2.05, 4.69) is 4.90 Å². The van der Waals surface area contributed by atoms with Crippen LogP contribution in [-0.2, 0) is 0 Å². The first-order valence-electron chi connectivity index (χ1n) is 5.27. The molecule has 1 saturated heterocycles. The maximum absolute atomic E-state index is 6.03. The maximum Gasteiger partial charge on any atom is 0.122 e. The molecule has 3 atom stereocenters. The smallest absolute Gasteiger partial charge is 0.122 e. The molecule has 74 valence electrons. The molecule has 2 aliphatic carbocycles. The van der Waals surface area contributed by atoms with Gasteiger partial charge in [-0.2, -0.15) is 0 Å². The summed E-state index contributed by atoms with van der Waals surface area (Å²) in [5.41, 5.74) is 0. The van der Waals surface area contributed by atoms with E-state index in [0.29, 0.717) is 5.92 Å². The fraction of sp³-hybridized carbons (Fsp3) is 1.00. The number of rotatable bonds is 2. The van der Waals surface area contributed by atoms with E-state index in [1.54, 1.807) is 0 Å². The SMILES string of the molecule is ClC1(Cl)CC1CN1CC2CCC1C2. The molecule has 3 unspecified atom stereocenters. The van der Waals surface area contributed by atoms with Crippen molar-refractivity contribution in [2.75, 3.05) is 13.1 Å². The molecule has 0 aromatic carbocycles. The highest BCUT2D eigenvalue weighted by atomic mass is 35.5. The van der Waals surface area contributed by atoms with Crippen LogP contribution >= 0.6 is 23.2 Å². The van der Waals surface area contributed by atoms with E-state index in [-0.39, 0.29) is 4.33 Å². The van der Waals surface area contributed by atoms with Crippen molar-refractivity contribution in [2.45, 2.75) is 36.1 Å². The summed E-state index contributed by atoms with van der Waals surface area (Å²) in [4.78, 5) is 2.62. The van der Waals surface area contributed by atoms with Crippen molar-refractivity contribution in [3.63, 3.8) is 0 Å². The molecule has 1 heterocycles. The van der Waals surface area contributed by atoms with Gasteiger partial charge in [0.1, 0.15) is 4.33 Å². The summed E-state index contributed by atoms with van der Waals surface area (Å²) in [5, 5.41) is 0. The second kappa shape index (κ2) is 2.77. The summed E-state index contributed by atoms with van der Waals surface area (Å²) in [6.45, 7) is 2.46. The molecule has 0 aromatic heterocycles. The van der Waals surface area contributed by atoms with Crippen LogP contribution in [0.15, 0.2) is 0 Å². The van der Waals surface area contributed by atoms with Gasteiger partial charge in [0.25, 0.3) is 0 Å². The van der Waals surface area contributed by atoms with Gasteiger partial charge in [-0.1, -0.05) is 0 Å². The van der Waals surface area contributed by atoms with Crippen molar-refractivity contribution in [2.24, 2.45) is 11.8 Å². The van der Waals surface area contributed by atoms with Crippen molar-refractivity contribution >= 4 is 23.2 Å². The zero-order valence-corrected chi connectivity index (χ0v) is 9.19. The molecule has 0 radical (unpaired) electrons. The molecule has 2 bridgehead atoms. The minimum absolute atomic E-state index is 0.373. The molecule has 1 aliphatic heterocycles. The molecule has 3 fully saturated rings. The van der Waals surface area contributed by atoms with Gasteiger partial charge in [-0.25, -0.2) is 0 Å². The molecule has 2 saturated carbocycles. The van der Waals surface area contributed by atoms with Gasteiger partial charge in [0.15, 0.2) is 0 Å². The fourth-order valence-corrected chi connectivity index (χ4v) is 3.51. The minimum atomic E-state index is -0.373. The van der Waals surface area contributed by atoms with Gasteiger partial charge in [-0.3, -0.25) is 4.90 Å². The first-order valence-corrected chi connectivity index (χ1v) is 6.02. The number of hydrogen-bond donors (Lipinski definition) is 0. The highest BCUT2D eigenvalue weighted by Crippen LogP contribution is 2.54. The summed E-state index contributed by atoms with van der Waals surface area (Å²) >= 11 is 12.1. The van der Waals surface area contributed by atoms with E-state index in [1.807, 2.05) is 0 Å². The van der Waals surface area contributed by atoms with Crippen molar-refractivity contribution in [3.05, 3.63) is 0 Å². The quantitative estimate of drug-likeness (QED) is 0.646. The normalized spacial score (nSPS) is 47.1. The highest BCUT2D eigenvalue weighted by Gasteiger charge is 2.53. The van der Waals surface area contributed by atoms with Crippen LogP contribution in [0.3, 0.4) is 0 Å². The Morgan fingerprint density at radius 2 is 2.08 bits per heavy atom. The van der Waals surface area contributed by atoms with Gasteiger partial charge in [-0.15, -0.1) is 23.2 Å². The molecule has 0 amide bonds. The molecular weight excluding hydrogens is 205 g/mol. The van der Waals surface area contributed by atoms with Crippen molar-refractivity contribution in [3.8, 4) is 0 Å². The summed E-state index contributed by atoms with van der Waals surface area (Å²) < 4.78 is -0.373. The average Bonchev–Trinajstić information content (AvgIpc) is 2.55. The minimum Gasteiger partial charge on any atom is -0.300 e. The predicted molar refractivity (Wildman–Crippen MR) is 55.2 cm³/mol. The highest BCUT2D eigenvalue weighted by molar-refractivity contribution is 6.50. The van der Waals surface area contributed by atoms with Crippen molar-refractivity contribution in [1.82, 2.24) is 4.90 Å². The third kappa shape index (κ3) is 1.49. The van der Waals surface area contributed by atoms with Crippen LogP contribution in [0.25, 0.3) is 0 Å². The Morgan fingerprint density at radius 1 is 1.31 bits per heavy atom. The Kier molecular flexibility index (Phi) is 1.88. The molecule has 0 aromatic rings. The van der Waals surface area contributed by atoms with Gasteiger partial charge in [0.05, 0.1) is 0 Å². The van der Waals surface area contributed by atoms with Gasteiger partial charge in [0.2, 0.25) is 0 Å². The van der Waals surface area contributed by atoms with E-state index < -0.39 is 0 Å². The maximum atomic E-state index is 6.03. The summed E-state index contributed by atoms with van der Waals surface area (Å²) in [5.74, 6) is 1.54. The number of likely N-dealkylation sites (tertiary alicyclic amines) is 1. The Bertz CT molecular complexity index is 229. The molecule has 1 nitrogen and oxygen atoms in total. The van der Waals surface area contributed by atoms with E-state index >= 15 is 0 Å². The zero-order chi connectivity index (χ0) is 9.05. The average molecular weight is 220 g/mol. The van der Waals surface area contributed by atoms with Crippen LogP contribution in [0, 0.1) is 11.8 Å². The van der Waals surface area contributed by atoms with Gasteiger partial charge < -0.3 is 0 Å². The lowest BCUT2D eigenvalue weighted by atomic mass is 10.1. The van der Waals surface area contributed by atoms with Crippen molar-refractivity contribution < 1.29 is 0 Å². The van der Waals surface area contributed by atoms with Crippen LogP contribution in [0.1, 0.15) is 25.7 Å². The van der Waals surface area contributed by atoms with Crippen LogP contribution in [-0.4, -0.2) is 28.4 Å². The Labute approximate surface area is 89.4 Å². The number of fused-ring (bicyclic) bond motifs is 2. The monoisotopic (exact) mass is 219 g/mol. The third-order valence-corrected chi connectivity index (χ3v) is 4.86. The molecule has 0 N–H and O–H groups in total. The van der Waals surface area contributed by atoms with Crippen LogP contribution in [0.5, 0.6) is 0 Å². The fourth-order valence-electron chi connectivity index (χ4n) is 3.00. The molecule has 3 aliphatic rings. The van der Waals surface area contributed by atoms with Crippen LogP contribution in [0.2, 0.25) is 0 Å². The Hall–Kier alpha value is 0.540. The van der Waals surface area contributed by atoms with E-state index in [4.69, 9.17) is 23.2 Å². The second-order valence-corrected chi connectivity index (χ2v) is 6.49. The van der Waals surface area contributed by atoms with Crippen molar-refractivity contribution in [1.29, 1.82) is 0 Å². The lowest BCUT2D eigenvalue weighted by Crippen LogP contribution is -2.34. The summed E-state index contributed by atoms with van der Waals surface area (Å²) in [6, 6.07) is 0.870. The standard InChI is InChI=1S/C10H15Cl2N/c11-10(12)4-8(10)6-13-5-7-1-2-9(13)3-7/h7-9H,1-6H2. The van der Waals surface area contributed by atoms with Crippen LogP contribution < -0.4 is 0 Å². The van der Waals surface area contributed by atoms with Gasteiger partial charge >= 0.3 is 0 Å². The molecular formula is C10H15Cl2N. The van der Waals surface area contributed by atoms with Gasteiger partial charge in [-0.05, 0) is 31.6 Å². The molecule has 3 heteroatoms. The zero-order valence-electron chi connectivity index (χ0n) is 7.68. The largest absolute Gasteiger partial charge is 0.300 e. The number of halogens is 2.